The van der Waals surface area contributed by atoms with Crippen LogP contribution in [-0.2, 0) is 10.2 Å². The van der Waals surface area contributed by atoms with Gasteiger partial charge in [0.05, 0.1) is 6.61 Å². The van der Waals surface area contributed by atoms with Gasteiger partial charge in [-0.1, -0.05) is 42.7 Å². The summed E-state index contributed by atoms with van der Waals surface area (Å²) in [7, 11) is 1.76. The number of aryl methyl sites for hydroxylation is 2. The van der Waals surface area contributed by atoms with Crippen molar-refractivity contribution in [2.24, 2.45) is 5.92 Å². The van der Waals surface area contributed by atoms with Gasteiger partial charge in [0.15, 0.2) is 0 Å². The molecule has 0 bridgehead atoms. The van der Waals surface area contributed by atoms with Crippen molar-refractivity contribution in [1.29, 1.82) is 0 Å². The van der Waals surface area contributed by atoms with E-state index in [2.05, 4.69) is 44.3 Å². The van der Waals surface area contributed by atoms with Crippen LogP contribution in [0.3, 0.4) is 0 Å². The van der Waals surface area contributed by atoms with Gasteiger partial charge in [-0.15, -0.1) is 0 Å². The van der Waals surface area contributed by atoms with E-state index in [0.29, 0.717) is 5.41 Å². The number of hydrogen-bond donors (Lipinski definition) is 1. The first-order valence-electron chi connectivity index (χ1n) is 7.88. The summed E-state index contributed by atoms with van der Waals surface area (Å²) in [4.78, 5) is 0. The molecule has 1 aromatic carbocycles. The third-order valence-corrected chi connectivity index (χ3v) is 4.72. The molecule has 1 aliphatic carbocycles. The Kier molecular flexibility index (Phi) is 5.22. The highest BCUT2D eigenvalue weighted by molar-refractivity contribution is 5.36. The fourth-order valence-corrected chi connectivity index (χ4v) is 3.60. The lowest BCUT2D eigenvalue weighted by molar-refractivity contribution is 0.128. The van der Waals surface area contributed by atoms with Crippen molar-refractivity contribution < 1.29 is 4.74 Å². The molecule has 0 aromatic heterocycles. The van der Waals surface area contributed by atoms with Crippen LogP contribution in [0.5, 0.6) is 0 Å². The summed E-state index contributed by atoms with van der Waals surface area (Å²) < 4.78 is 5.13. The average Bonchev–Trinajstić information content (AvgIpc) is 2.35. The Morgan fingerprint density at radius 3 is 2.40 bits per heavy atom. The predicted molar refractivity (Wildman–Crippen MR) is 85.4 cm³/mol. The fraction of sp³-hybridized carbons (Fsp3) is 0.667. The molecule has 1 fully saturated rings. The largest absolute Gasteiger partial charge is 0.383 e. The molecule has 0 atom stereocenters. The zero-order valence-electron chi connectivity index (χ0n) is 13.5. The molecule has 112 valence electrons. The molecule has 2 rings (SSSR count). The third kappa shape index (κ3) is 3.42. The van der Waals surface area contributed by atoms with Crippen LogP contribution < -0.4 is 5.32 Å². The minimum Gasteiger partial charge on any atom is -0.383 e. The average molecular weight is 275 g/mol. The van der Waals surface area contributed by atoms with Gasteiger partial charge in [-0.2, -0.15) is 0 Å². The summed E-state index contributed by atoms with van der Waals surface area (Å²) in [6.45, 7) is 9.54. The Bertz CT molecular complexity index is 415. The van der Waals surface area contributed by atoms with E-state index in [1.807, 2.05) is 0 Å². The lowest BCUT2D eigenvalue weighted by Crippen LogP contribution is -2.49. The number of benzene rings is 1. The van der Waals surface area contributed by atoms with Crippen LogP contribution in [0.2, 0.25) is 0 Å². The van der Waals surface area contributed by atoms with Gasteiger partial charge in [0, 0.05) is 25.6 Å². The lowest BCUT2D eigenvalue weighted by Gasteiger charge is -2.49. The Morgan fingerprint density at radius 2 is 1.85 bits per heavy atom. The highest BCUT2D eigenvalue weighted by atomic mass is 16.5. The SMILES string of the molecule is CCC1CC(CNCCOC)(c2cc(C)cc(C)c2)C1. The molecule has 0 radical (unpaired) electrons. The molecule has 20 heavy (non-hydrogen) atoms. The van der Waals surface area contributed by atoms with Gasteiger partial charge in [0.2, 0.25) is 0 Å². The summed E-state index contributed by atoms with van der Waals surface area (Å²) in [6.07, 6.45) is 3.96. The van der Waals surface area contributed by atoms with Crippen molar-refractivity contribution in [3.8, 4) is 0 Å². The topological polar surface area (TPSA) is 21.3 Å². The van der Waals surface area contributed by atoms with E-state index in [1.54, 1.807) is 7.11 Å². The van der Waals surface area contributed by atoms with E-state index in [-0.39, 0.29) is 0 Å². The molecule has 0 spiro atoms. The number of rotatable bonds is 7. The van der Waals surface area contributed by atoms with E-state index in [9.17, 15) is 0 Å². The molecule has 1 aliphatic rings. The number of hydrogen-bond acceptors (Lipinski definition) is 2. The van der Waals surface area contributed by atoms with Crippen LogP contribution in [0.1, 0.15) is 42.9 Å². The molecule has 1 N–H and O–H groups in total. The normalized spacial score (nSPS) is 25.5. The van der Waals surface area contributed by atoms with Gasteiger partial charge < -0.3 is 10.1 Å². The molecule has 2 heteroatoms. The third-order valence-electron chi connectivity index (χ3n) is 4.72. The summed E-state index contributed by atoms with van der Waals surface area (Å²) in [5.41, 5.74) is 4.66. The van der Waals surface area contributed by atoms with Gasteiger partial charge >= 0.3 is 0 Å². The monoisotopic (exact) mass is 275 g/mol. The molecule has 1 aromatic rings. The Hall–Kier alpha value is -0.860. The van der Waals surface area contributed by atoms with Crippen molar-refractivity contribution in [1.82, 2.24) is 5.32 Å². The predicted octanol–water partition coefficient (Wildman–Crippen LogP) is 3.60. The zero-order chi connectivity index (χ0) is 14.6. The molecule has 0 heterocycles. The molecule has 0 saturated heterocycles. The van der Waals surface area contributed by atoms with Gasteiger partial charge in [0.1, 0.15) is 0 Å². The van der Waals surface area contributed by atoms with Crippen LogP contribution in [-0.4, -0.2) is 26.8 Å². The van der Waals surface area contributed by atoms with Gasteiger partial charge in [0.25, 0.3) is 0 Å². The van der Waals surface area contributed by atoms with E-state index in [1.165, 1.54) is 36.0 Å². The highest BCUT2D eigenvalue weighted by Crippen LogP contribution is 2.49. The second kappa shape index (κ2) is 6.73. The van der Waals surface area contributed by atoms with Crippen LogP contribution in [0.15, 0.2) is 18.2 Å². The van der Waals surface area contributed by atoms with Crippen LogP contribution in [0, 0.1) is 19.8 Å². The molecule has 2 nitrogen and oxygen atoms in total. The van der Waals surface area contributed by atoms with E-state index in [4.69, 9.17) is 4.74 Å². The second-order valence-electron chi connectivity index (χ2n) is 6.51. The first kappa shape index (κ1) is 15.5. The minimum atomic E-state index is 0.352. The van der Waals surface area contributed by atoms with Gasteiger partial charge in [-0.05, 0) is 38.2 Å². The second-order valence-corrected chi connectivity index (χ2v) is 6.51. The number of methoxy groups -OCH3 is 1. The van der Waals surface area contributed by atoms with E-state index in [0.717, 1.165) is 25.6 Å². The fourth-order valence-electron chi connectivity index (χ4n) is 3.60. The molecule has 0 amide bonds. The van der Waals surface area contributed by atoms with Crippen LogP contribution in [0.4, 0.5) is 0 Å². The lowest BCUT2D eigenvalue weighted by atomic mass is 9.57. The molecule has 0 aliphatic heterocycles. The van der Waals surface area contributed by atoms with Crippen molar-refractivity contribution in [3.63, 3.8) is 0 Å². The minimum absolute atomic E-state index is 0.352. The van der Waals surface area contributed by atoms with Crippen molar-refractivity contribution >= 4 is 0 Å². The van der Waals surface area contributed by atoms with Crippen molar-refractivity contribution in [2.45, 2.75) is 45.4 Å². The maximum absolute atomic E-state index is 5.13. The van der Waals surface area contributed by atoms with E-state index < -0.39 is 0 Å². The standard InChI is InChI=1S/C18H29NO/c1-5-16-11-18(12-16,13-19-6-7-20-4)17-9-14(2)8-15(3)10-17/h8-10,16,19H,5-7,11-13H2,1-4H3. The van der Waals surface area contributed by atoms with Crippen LogP contribution in [0.25, 0.3) is 0 Å². The smallest absolute Gasteiger partial charge is 0.0587 e. The summed E-state index contributed by atoms with van der Waals surface area (Å²) in [6, 6.07) is 7.04. The maximum atomic E-state index is 5.13. The summed E-state index contributed by atoms with van der Waals surface area (Å²) in [5.74, 6) is 0.903. The number of nitrogens with one attached hydrogen (secondary N) is 1. The summed E-state index contributed by atoms with van der Waals surface area (Å²) >= 11 is 0. The van der Waals surface area contributed by atoms with Crippen molar-refractivity contribution in [3.05, 3.63) is 34.9 Å². The Morgan fingerprint density at radius 1 is 1.20 bits per heavy atom. The first-order chi connectivity index (χ1) is 9.59. The molecular formula is C18H29NO. The van der Waals surface area contributed by atoms with Crippen molar-refractivity contribution in [2.75, 3.05) is 26.8 Å². The highest BCUT2D eigenvalue weighted by Gasteiger charge is 2.44. The maximum Gasteiger partial charge on any atom is 0.0587 e. The van der Waals surface area contributed by atoms with E-state index >= 15 is 0 Å². The number of ether oxygens (including phenoxy) is 1. The Labute approximate surface area is 123 Å². The van der Waals surface area contributed by atoms with Crippen LogP contribution >= 0.6 is 0 Å². The quantitative estimate of drug-likeness (QED) is 0.768. The zero-order valence-corrected chi connectivity index (χ0v) is 13.5. The molecule has 0 unspecified atom stereocenters. The van der Waals surface area contributed by atoms with Gasteiger partial charge in [-0.3, -0.25) is 0 Å². The summed E-state index contributed by atoms with van der Waals surface area (Å²) in [5, 5.41) is 3.59. The van der Waals surface area contributed by atoms with Gasteiger partial charge in [-0.25, -0.2) is 0 Å². The first-order valence-corrected chi connectivity index (χ1v) is 7.88. The Balaban J connectivity index is 2.10. The molecule has 1 saturated carbocycles. The molecular weight excluding hydrogens is 246 g/mol.